The number of rotatable bonds is 5. The Hall–Kier alpha value is -4.45. The molecule has 6 nitrogen and oxygen atoms in total. The molecule has 2 aromatic heterocycles. The van der Waals surface area contributed by atoms with Crippen LogP contribution in [0.15, 0.2) is 108 Å². The summed E-state index contributed by atoms with van der Waals surface area (Å²) < 4.78 is 3.31. The van der Waals surface area contributed by atoms with Gasteiger partial charge in [-0.3, -0.25) is 18.7 Å². The molecule has 5 rings (SSSR count). The number of carbonyl (C=O) groups is 1. The summed E-state index contributed by atoms with van der Waals surface area (Å²) in [5, 5.41) is 3.26. The fraction of sp³-hybridized carbons (Fsp3) is 0.0385. The topological polar surface area (TPSA) is 68.9 Å². The van der Waals surface area contributed by atoms with Crippen molar-refractivity contribution in [1.82, 2.24) is 14.1 Å². The van der Waals surface area contributed by atoms with Crippen molar-refractivity contribution < 1.29 is 4.79 Å². The molecule has 5 aromatic rings. The molecule has 1 N–H and O–H groups in total. The third kappa shape index (κ3) is 3.70. The Morgan fingerprint density at radius 2 is 1.47 bits per heavy atom. The normalized spacial score (nSPS) is 10.9. The van der Waals surface area contributed by atoms with Crippen LogP contribution in [0.1, 0.15) is 0 Å². The molecule has 0 aliphatic carbocycles. The summed E-state index contributed by atoms with van der Waals surface area (Å²) in [5.41, 5.74) is 3.73. The van der Waals surface area contributed by atoms with Crippen molar-refractivity contribution in [3.8, 4) is 16.9 Å². The first-order valence-corrected chi connectivity index (χ1v) is 10.3. The van der Waals surface area contributed by atoms with Crippen LogP contribution in [0, 0.1) is 0 Å². The third-order valence-corrected chi connectivity index (χ3v) is 5.24. The molecular formula is C26H20N4O2. The standard InChI is InChI=1S/C26H20N4O2/c31-24(28-20-12-6-2-7-13-20)17-29-18-27-25-22(26(29)32)16-23(19-10-4-1-5-11-19)30(25)21-14-8-3-9-15-21/h1-16,18H,17H2,(H,28,31). The maximum atomic E-state index is 13.3. The highest BCUT2D eigenvalue weighted by Gasteiger charge is 2.17. The molecule has 156 valence electrons. The lowest BCUT2D eigenvalue weighted by atomic mass is 10.1. The van der Waals surface area contributed by atoms with Crippen molar-refractivity contribution in [1.29, 1.82) is 0 Å². The van der Waals surface area contributed by atoms with Crippen LogP contribution >= 0.6 is 0 Å². The van der Waals surface area contributed by atoms with Gasteiger partial charge in [-0.05, 0) is 35.9 Å². The molecule has 2 heterocycles. The molecule has 0 spiro atoms. The average molecular weight is 420 g/mol. The van der Waals surface area contributed by atoms with Crippen molar-refractivity contribution in [3.63, 3.8) is 0 Å². The Bertz CT molecular complexity index is 1440. The summed E-state index contributed by atoms with van der Waals surface area (Å²) in [5.74, 6) is -0.287. The van der Waals surface area contributed by atoms with Gasteiger partial charge in [0, 0.05) is 11.4 Å². The van der Waals surface area contributed by atoms with E-state index >= 15 is 0 Å². The Kier molecular flexibility index (Phi) is 5.09. The molecule has 0 aliphatic rings. The molecule has 0 atom stereocenters. The van der Waals surface area contributed by atoms with Gasteiger partial charge >= 0.3 is 0 Å². The third-order valence-electron chi connectivity index (χ3n) is 5.24. The van der Waals surface area contributed by atoms with Gasteiger partial charge in [0.2, 0.25) is 5.91 Å². The number of aromatic nitrogens is 3. The summed E-state index contributed by atoms with van der Waals surface area (Å²) in [6.07, 6.45) is 1.43. The highest BCUT2D eigenvalue weighted by atomic mass is 16.2. The number of nitrogens with zero attached hydrogens (tertiary/aromatic N) is 3. The van der Waals surface area contributed by atoms with E-state index in [0.717, 1.165) is 16.9 Å². The minimum absolute atomic E-state index is 0.117. The maximum absolute atomic E-state index is 13.3. The summed E-state index contributed by atoms with van der Waals surface area (Å²) in [6, 6.07) is 30.7. The number of amides is 1. The van der Waals surface area contributed by atoms with Crippen LogP contribution in [0.4, 0.5) is 5.69 Å². The van der Waals surface area contributed by atoms with E-state index in [-0.39, 0.29) is 18.0 Å². The smallest absolute Gasteiger partial charge is 0.263 e. The number of anilines is 1. The fourth-order valence-electron chi connectivity index (χ4n) is 3.77. The Balaban J connectivity index is 1.59. The minimum Gasteiger partial charge on any atom is -0.325 e. The van der Waals surface area contributed by atoms with Crippen molar-refractivity contribution in [2.45, 2.75) is 6.54 Å². The van der Waals surface area contributed by atoms with Crippen LogP contribution in [-0.2, 0) is 11.3 Å². The predicted molar refractivity (Wildman–Crippen MR) is 126 cm³/mol. The summed E-state index contributed by atoms with van der Waals surface area (Å²) in [4.78, 5) is 30.3. The molecule has 6 heteroatoms. The second-order valence-corrected chi connectivity index (χ2v) is 7.40. The molecule has 3 aromatic carbocycles. The Labute approximate surface area is 184 Å². The summed E-state index contributed by atoms with van der Waals surface area (Å²) >= 11 is 0. The lowest BCUT2D eigenvalue weighted by Crippen LogP contribution is -2.27. The van der Waals surface area contributed by atoms with Crippen molar-refractivity contribution >= 4 is 22.6 Å². The van der Waals surface area contributed by atoms with E-state index in [1.54, 1.807) is 12.1 Å². The first-order chi connectivity index (χ1) is 15.7. The fourth-order valence-corrected chi connectivity index (χ4v) is 3.77. The van der Waals surface area contributed by atoms with Crippen LogP contribution < -0.4 is 10.9 Å². The zero-order chi connectivity index (χ0) is 21.9. The zero-order valence-electron chi connectivity index (χ0n) is 17.2. The van der Waals surface area contributed by atoms with E-state index in [0.29, 0.717) is 16.7 Å². The predicted octanol–water partition coefficient (Wildman–Crippen LogP) is 4.49. The van der Waals surface area contributed by atoms with Gasteiger partial charge in [-0.1, -0.05) is 66.7 Å². The number of nitrogens with one attached hydrogen (secondary N) is 1. The number of para-hydroxylation sites is 2. The highest BCUT2D eigenvalue weighted by Crippen LogP contribution is 2.29. The molecule has 0 fully saturated rings. The van der Waals surface area contributed by atoms with Gasteiger partial charge in [-0.25, -0.2) is 4.98 Å². The quantitative estimate of drug-likeness (QED) is 0.455. The average Bonchev–Trinajstić information content (AvgIpc) is 3.23. The second-order valence-electron chi connectivity index (χ2n) is 7.40. The Morgan fingerprint density at radius 3 is 2.16 bits per heavy atom. The van der Waals surface area contributed by atoms with Crippen molar-refractivity contribution in [3.05, 3.63) is 114 Å². The highest BCUT2D eigenvalue weighted by molar-refractivity contribution is 5.91. The van der Waals surface area contributed by atoms with Crippen LogP contribution in [0.25, 0.3) is 28.0 Å². The van der Waals surface area contributed by atoms with Gasteiger partial charge in [0.1, 0.15) is 12.9 Å². The van der Waals surface area contributed by atoms with Gasteiger partial charge in [0.15, 0.2) is 5.65 Å². The second kappa shape index (κ2) is 8.35. The summed E-state index contributed by atoms with van der Waals surface area (Å²) in [6.45, 7) is -0.117. The molecular weight excluding hydrogens is 400 g/mol. The lowest BCUT2D eigenvalue weighted by Gasteiger charge is -2.11. The number of hydrogen-bond acceptors (Lipinski definition) is 3. The van der Waals surface area contributed by atoms with Crippen molar-refractivity contribution in [2.24, 2.45) is 0 Å². The Morgan fingerprint density at radius 1 is 0.844 bits per heavy atom. The number of carbonyl (C=O) groups excluding carboxylic acids is 1. The molecule has 0 aliphatic heterocycles. The van der Waals surface area contributed by atoms with Gasteiger partial charge in [-0.2, -0.15) is 0 Å². The van der Waals surface area contributed by atoms with E-state index in [1.807, 2.05) is 89.5 Å². The van der Waals surface area contributed by atoms with E-state index in [9.17, 15) is 9.59 Å². The van der Waals surface area contributed by atoms with Crippen LogP contribution in [0.2, 0.25) is 0 Å². The first kappa shape index (κ1) is 19.5. The van der Waals surface area contributed by atoms with E-state index in [1.165, 1.54) is 10.9 Å². The molecule has 0 saturated carbocycles. The van der Waals surface area contributed by atoms with Crippen molar-refractivity contribution in [2.75, 3.05) is 5.32 Å². The number of fused-ring (bicyclic) bond motifs is 1. The van der Waals surface area contributed by atoms with Gasteiger partial charge in [-0.15, -0.1) is 0 Å². The molecule has 32 heavy (non-hydrogen) atoms. The van der Waals surface area contributed by atoms with E-state index in [2.05, 4.69) is 10.3 Å². The minimum atomic E-state index is -0.287. The maximum Gasteiger partial charge on any atom is 0.263 e. The van der Waals surface area contributed by atoms with Gasteiger partial charge < -0.3 is 5.32 Å². The van der Waals surface area contributed by atoms with Crippen LogP contribution in [-0.4, -0.2) is 20.0 Å². The van der Waals surface area contributed by atoms with Crippen LogP contribution in [0.5, 0.6) is 0 Å². The SMILES string of the molecule is O=C(Cn1cnc2c(cc(-c3ccccc3)n2-c2ccccc2)c1=O)Nc1ccccc1. The van der Waals surface area contributed by atoms with Gasteiger partial charge in [0.25, 0.3) is 5.56 Å². The van der Waals surface area contributed by atoms with Crippen LogP contribution in [0.3, 0.4) is 0 Å². The van der Waals surface area contributed by atoms with Gasteiger partial charge in [0.05, 0.1) is 11.1 Å². The molecule has 1 amide bonds. The first-order valence-electron chi connectivity index (χ1n) is 10.3. The zero-order valence-corrected chi connectivity index (χ0v) is 17.2. The van der Waals surface area contributed by atoms with E-state index in [4.69, 9.17) is 0 Å². The number of benzene rings is 3. The molecule has 0 unspecified atom stereocenters. The molecule has 0 saturated heterocycles. The monoisotopic (exact) mass is 420 g/mol. The lowest BCUT2D eigenvalue weighted by molar-refractivity contribution is -0.116. The number of hydrogen-bond donors (Lipinski definition) is 1. The largest absolute Gasteiger partial charge is 0.325 e. The molecule has 0 radical (unpaired) electrons. The molecule has 0 bridgehead atoms. The van der Waals surface area contributed by atoms with E-state index < -0.39 is 0 Å². The summed E-state index contributed by atoms with van der Waals surface area (Å²) in [7, 11) is 0.